The first-order chi connectivity index (χ1) is 10.0. The maximum absolute atomic E-state index is 12.1. The normalized spacial score (nSPS) is 11.7. The number of hydrogen-bond donors (Lipinski definition) is 2. The standard InChI is InChI=1S/C15H22N2O4/c1-17(9-6-10-21-2)15(20)16-13(11-14(18)19)12-7-4-3-5-8-12/h3-5,7-8,13H,6,9-11H2,1-2H3,(H,16,20)(H,18,19). The molecule has 0 aliphatic carbocycles. The first-order valence-corrected chi connectivity index (χ1v) is 6.82. The van der Waals surface area contributed by atoms with Gasteiger partial charge in [0.2, 0.25) is 0 Å². The number of urea groups is 1. The van der Waals surface area contributed by atoms with Crippen molar-refractivity contribution in [2.75, 3.05) is 27.3 Å². The van der Waals surface area contributed by atoms with Crippen molar-refractivity contribution < 1.29 is 19.4 Å². The highest BCUT2D eigenvalue weighted by atomic mass is 16.5. The SMILES string of the molecule is COCCCN(C)C(=O)NC(CC(=O)O)c1ccccc1. The fourth-order valence-corrected chi connectivity index (χ4v) is 1.92. The van der Waals surface area contributed by atoms with Gasteiger partial charge in [0.1, 0.15) is 0 Å². The summed E-state index contributed by atoms with van der Waals surface area (Å²) in [4.78, 5) is 24.6. The molecule has 6 heteroatoms. The third-order valence-electron chi connectivity index (χ3n) is 3.07. The van der Waals surface area contributed by atoms with Crippen LogP contribution in [0.1, 0.15) is 24.4 Å². The molecule has 0 fully saturated rings. The third-order valence-corrected chi connectivity index (χ3v) is 3.07. The van der Waals surface area contributed by atoms with Crippen molar-refractivity contribution in [1.29, 1.82) is 0 Å². The Hall–Kier alpha value is -2.08. The smallest absolute Gasteiger partial charge is 0.317 e. The molecule has 6 nitrogen and oxygen atoms in total. The number of hydrogen-bond acceptors (Lipinski definition) is 3. The van der Waals surface area contributed by atoms with Gasteiger partial charge >= 0.3 is 12.0 Å². The average Bonchev–Trinajstić information content (AvgIpc) is 2.47. The fourth-order valence-electron chi connectivity index (χ4n) is 1.92. The Morgan fingerprint density at radius 1 is 1.33 bits per heavy atom. The second-order valence-corrected chi connectivity index (χ2v) is 4.78. The number of aliphatic carboxylic acids is 1. The number of amides is 2. The number of carbonyl (C=O) groups is 2. The lowest BCUT2D eigenvalue weighted by Gasteiger charge is -2.23. The summed E-state index contributed by atoms with van der Waals surface area (Å²) in [5.74, 6) is -0.953. The zero-order valence-electron chi connectivity index (χ0n) is 12.4. The molecule has 1 aromatic rings. The number of nitrogens with zero attached hydrogens (tertiary/aromatic N) is 1. The van der Waals surface area contributed by atoms with Crippen molar-refractivity contribution in [2.24, 2.45) is 0 Å². The highest BCUT2D eigenvalue weighted by Gasteiger charge is 2.19. The Morgan fingerprint density at radius 3 is 2.57 bits per heavy atom. The van der Waals surface area contributed by atoms with Crippen LogP contribution in [-0.2, 0) is 9.53 Å². The topological polar surface area (TPSA) is 78.9 Å². The number of benzene rings is 1. The van der Waals surface area contributed by atoms with Gasteiger partial charge in [-0.25, -0.2) is 4.79 Å². The monoisotopic (exact) mass is 294 g/mol. The van der Waals surface area contributed by atoms with Crippen LogP contribution in [0.3, 0.4) is 0 Å². The van der Waals surface area contributed by atoms with Crippen LogP contribution in [0.25, 0.3) is 0 Å². The van der Waals surface area contributed by atoms with Gasteiger partial charge in [0, 0.05) is 27.3 Å². The Labute approximate surface area is 124 Å². The predicted molar refractivity (Wildman–Crippen MR) is 79.1 cm³/mol. The molecule has 0 aliphatic rings. The molecule has 0 saturated heterocycles. The highest BCUT2D eigenvalue weighted by Crippen LogP contribution is 2.16. The van der Waals surface area contributed by atoms with E-state index in [2.05, 4.69) is 5.32 Å². The molecule has 0 bridgehead atoms. The molecule has 0 aliphatic heterocycles. The minimum Gasteiger partial charge on any atom is -0.481 e. The summed E-state index contributed by atoms with van der Waals surface area (Å²) in [5.41, 5.74) is 0.776. The quantitative estimate of drug-likeness (QED) is 0.718. The molecule has 1 rings (SSSR count). The number of carbonyl (C=O) groups excluding carboxylic acids is 1. The molecular weight excluding hydrogens is 272 g/mol. The van der Waals surface area contributed by atoms with Gasteiger partial charge in [0.05, 0.1) is 12.5 Å². The predicted octanol–water partition coefficient (Wildman–Crippen LogP) is 1.88. The Balaban J connectivity index is 2.64. The van der Waals surface area contributed by atoms with Crippen molar-refractivity contribution in [3.05, 3.63) is 35.9 Å². The zero-order valence-corrected chi connectivity index (χ0v) is 12.4. The molecule has 1 atom stereocenters. The summed E-state index contributed by atoms with van der Waals surface area (Å²) in [6.07, 6.45) is 0.580. The molecule has 1 aromatic carbocycles. The molecular formula is C15H22N2O4. The lowest BCUT2D eigenvalue weighted by molar-refractivity contribution is -0.137. The van der Waals surface area contributed by atoms with Crippen molar-refractivity contribution >= 4 is 12.0 Å². The minimum absolute atomic E-state index is 0.151. The summed E-state index contributed by atoms with van der Waals surface area (Å²) in [7, 11) is 3.28. The van der Waals surface area contributed by atoms with E-state index in [0.29, 0.717) is 13.2 Å². The van der Waals surface area contributed by atoms with Crippen LogP contribution < -0.4 is 5.32 Å². The van der Waals surface area contributed by atoms with Crippen LogP contribution in [0.5, 0.6) is 0 Å². The molecule has 21 heavy (non-hydrogen) atoms. The van der Waals surface area contributed by atoms with E-state index in [4.69, 9.17) is 9.84 Å². The van der Waals surface area contributed by atoms with Crippen molar-refractivity contribution in [1.82, 2.24) is 10.2 Å². The Morgan fingerprint density at radius 2 is 2.00 bits per heavy atom. The molecule has 0 spiro atoms. The Kier molecular flexibility index (Phi) is 7.25. The van der Waals surface area contributed by atoms with Gasteiger partial charge in [-0.15, -0.1) is 0 Å². The molecule has 116 valence electrons. The van der Waals surface area contributed by atoms with Gasteiger partial charge in [-0.05, 0) is 12.0 Å². The second-order valence-electron chi connectivity index (χ2n) is 4.78. The van der Waals surface area contributed by atoms with E-state index in [1.54, 1.807) is 26.3 Å². The lowest BCUT2D eigenvalue weighted by Crippen LogP contribution is -2.40. The van der Waals surface area contributed by atoms with Crippen molar-refractivity contribution in [2.45, 2.75) is 18.9 Å². The highest BCUT2D eigenvalue weighted by molar-refractivity contribution is 5.76. The summed E-state index contributed by atoms with van der Waals surface area (Å²) in [6.45, 7) is 1.13. The first kappa shape index (κ1) is 17.0. The number of nitrogens with one attached hydrogen (secondary N) is 1. The van der Waals surface area contributed by atoms with Crippen molar-refractivity contribution in [3.63, 3.8) is 0 Å². The number of carboxylic acid groups (broad SMARTS) is 1. The molecule has 0 radical (unpaired) electrons. The number of ether oxygens (including phenoxy) is 1. The molecule has 2 amide bonds. The van der Waals surface area contributed by atoms with Crippen LogP contribution >= 0.6 is 0 Å². The van der Waals surface area contributed by atoms with Gasteiger partial charge in [-0.3, -0.25) is 4.79 Å². The molecule has 1 unspecified atom stereocenters. The van der Waals surface area contributed by atoms with Gasteiger partial charge in [0.25, 0.3) is 0 Å². The summed E-state index contributed by atoms with van der Waals surface area (Å²) < 4.78 is 4.94. The van der Waals surface area contributed by atoms with Crippen LogP contribution in [-0.4, -0.2) is 49.3 Å². The van der Waals surface area contributed by atoms with Gasteiger partial charge in [-0.1, -0.05) is 30.3 Å². The van der Waals surface area contributed by atoms with Crippen LogP contribution in [0.15, 0.2) is 30.3 Å². The van der Waals surface area contributed by atoms with E-state index in [9.17, 15) is 9.59 Å². The molecule has 0 heterocycles. The largest absolute Gasteiger partial charge is 0.481 e. The third kappa shape index (κ3) is 6.27. The van der Waals surface area contributed by atoms with E-state index in [-0.39, 0.29) is 12.5 Å². The molecule has 2 N–H and O–H groups in total. The van der Waals surface area contributed by atoms with Gasteiger partial charge in [-0.2, -0.15) is 0 Å². The van der Waals surface area contributed by atoms with E-state index in [1.807, 2.05) is 18.2 Å². The van der Waals surface area contributed by atoms with E-state index in [1.165, 1.54) is 4.90 Å². The van der Waals surface area contributed by atoms with Crippen LogP contribution in [0.2, 0.25) is 0 Å². The molecule has 0 aromatic heterocycles. The first-order valence-electron chi connectivity index (χ1n) is 6.82. The van der Waals surface area contributed by atoms with Gasteiger partial charge in [0.15, 0.2) is 0 Å². The average molecular weight is 294 g/mol. The maximum atomic E-state index is 12.1. The van der Waals surface area contributed by atoms with E-state index >= 15 is 0 Å². The Bertz CT molecular complexity index is 450. The second kappa shape index (κ2) is 8.97. The summed E-state index contributed by atoms with van der Waals surface area (Å²) in [5, 5.41) is 11.7. The summed E-state index contributed by atoms with van der Waals surface area (Å²) >= 11 is 0. The molecule has 0 saturated carbocycles. The van der Waals surface area contributed by atoms with Gasteiger partial charge < -0.3 is 20.1 Å². The fraction of sp³-hybridized carbons (Fsp3) is 0.467. The zero-order chi connectivity index (χ0) is 15.7. The van der Waals surface area contributed by atoms with E-state index in [0.717, 1.165) is 12.0 Å². The van der Waals surface area contributed by atoms with Crippen molar-refractivity contribution in [3.8, 4) is 0 Å². The minimum atomic E-state index is -0.953. The van der Waals surface area contributed by atoms with Crippen LogP contribution in [0.4, 0.5) is 4.79 Å². The van der Waals surface area contributed by atoms with Crippen LogP contribution in [0, 0.1) is 0 Å². The summed E-state index contributed by atoms with van der Waals surface area (Å²) in [6, 6.07) is 8.26. The number of methoxy groups -OCH3 is 1. The van der Waals surface area contributed by atoms with E-state index < -0.39 is 12.0 Å². The lowest BCUT2D eigenvalue weighted by atomic mass is 10.0. The number of rotatable bonds is 8. The number of carboxylic acids is 1. The maximum Gasteiger partial charge on any atom is 0.317 e.